The van der Waals surface area contributed by atoms with Gasteiger partial charge < -0.3 is 15.1 Å². The van der Waals surface area contributed by atoms with Gasteiger partial charge in [0.05, 0.1) is 25.3 Å². The van der Waals surface area contributed by atoms with Gasteiger partial charge in [-0.05, 0) is 19.3 Å². The zero-order chi connectivity index (χ0) is 16.1. The number of ether oxygens (including phenoxy) is 1. The van der Waals surface area contributed by atoms with E-state index in [-0.39, 0.29) is 5.92 Å². The lowest BCUT2D eigenvalue weighted by atomic mass is 9.67. The van der Waals surface area contributed by atoms with Crippen LogP contribution in [0.3, 0.4) is 0 Å². The van der Waals surface area contributed by atoms with Crippen LogP contribution in [-0.2, 0) is 4.74 Å². The average molecular weight is 324 g/mol. The second-order valence-corrected chi connectivity index (χ2v) is 7.21. The Morgan fingerprint density at radius 3 is 2.87 bits per heavy atom. The van der Waals surface area contributed by atoms with Gasteiger partial charge in [0.15, 0.2) is 0 Å². The smallest absolute Gasteiger partial charge is 0.303 e. The molecule has 1 saturated heterocycles. The highest BCUT2D eigenvalue weighted by atomic mass is 16.5. The van der Waals surface area contributed by atoms with Gasteiger partial charge in [0, 0.05) is 6.42 Å². The van der Waals surface area contributed by atoms with Crippen molar-refractivity contribution in [2.24, 2.45) is 5.92 Å². The average Bonchev–Trinajstić information content (AvgIpc) is 2.82. The Morgan fingerprint density at radius 2 is 2.13 bits per heavy atom. The summed E-state index contributed by atoms with van der Waals surface area (Å²) in [6, 6.07) is 0. The Kier molecular flexibility index (Phi) is 3.64. The number of hydrogen-bond acceptors (Lipinski definition) is 5. The lowest BCUT2D eigenvalue weighted by Crippen LogP contribution is -3.24. The summed E-state index contributed by atoms with van der Waals surface area (Å²) in [4.78, 5) is 1.23. The minimum atomic E-state index is -1.35. The molecule has 2 aliphatic heterocycles. The van der Waals surface area contributed by atoms with Crippen LogP contribution in [0.25, 0.3) is 0 Å². The third kappa shape index (κ3) is 1.88. The molecule has 7 heteroatoms. The molecule has 3 unspecified atom stereocenters. The molecule has 23 heavy (non-hydrogen) atoms. The van der Waals surface area contributed by atoms with Gasteiger partial charge >= 0.3 is 5.66 Å². The van der Waals surface area contributed by atoms with Crippen molar-refractivity contribution in [3.63, 3.8) is 0 Å². The van der Waals surface area contributed by atoms with E-state index in [1.807, 2.05) is 6.08 Å². The van der Waals surface area contributed by atoms with E-state index in [2.05, 4.69) is 5.48 Å². The van der Waals surface area contributed by atoms with E-state index in [9.17, 15) is 15.5 Å². The minimum Gasteiger partial charge on any atom is -0.619 e. The maximum absolute atomic E-state index is 13.4. The van der Waals surface area contributed by atoms with Crippen LogP contribution in [-0.4, -0.2) is 58.3 Å². The number of quaternary nitrogens is 1. The molecule has 0 amide bonds. The van der Waals surface area contributed by atoms with E-state index < -0.39 is 11.3 Å². The van der Waals surface area contributed by atoms with Crippen LogP contribution in [0.2, 0.25) is 0 Å². The monoisotopic (exact) mass is 324 g/mol. The maximum Gasteiger partial charge on any atom is 0.303 e. The van der Waals surface area contributed by atoms with Crippen molar-refractivity contribution in [2.45, 2.75) is 49.8 Å². The standard InChI is InChI=1S/C16H25N3O4/c20-16-12-4-1-2-7-15(12,18-8-10-23-11-9-18)19(22)14(16)6-3-5-13(16)17-21/h5,12,17,20-21H,1-4,6-11H2/p+1. The fraction of sp³-hybridized carbons (Fsp3) is 0.812. The number of hydroxylamine groups is 2. The van der Waals surface area contributed by atoms with E-state index in [1.165, 1.54) is 4.90 Å². The van der Waals surface area contributed by atoms with Gasteiger partial charge in [-0.25, -0.2) is 0 Å². The first kappa shape index (κ1) is 15.4. The van der Waals surface area contributed by atoms with Crippen LogP contribution in [0.1, 0.15) is 38.5 Å². The zero-order valence-corrected chi connectivity index (χ0v) is 13.4. The van der Waals surface area contributed by atoms with Gasteiger partial charge in [0.2, 0.25) is 11.3 Å². The molecule has 0 aromatic carbocycles. The predicted molar refractivity (Wildman–Crippen MR) is 82.0 cm³/mol. The topological polar surface area (TPSA) is 92.2 Å². The van der Waals surface area contributed by atoms with Crippen LogP contribution in [0.4, 0.5) is 0 Å². The van der Waals surface area contributed by atoms with Crippen molar-refractivity contribution in [3.05, 3.63) is 17.0 Å². The summed E-state index contributed by atoms with van der Waals surface area (Å²) in [5.74, 6) is -0.185. The van der Waals surface area contributed by atoms with Gasteiger partial charge in [0.1, 0.15) is 19.0 Å². The second kappa shape index (κ2) is 5.44. The Hall–Kier alpha value is -1.15. The SMILES string of the molecule is [O-][N+]1=C2CCC=C(NO)C2(O)C2CCCCC21[NH+]1CCOCC1. The first-order chi connectivity index (χ1) is 11.2. The van der Waals surface area contributed by atoms with Crippen LogP contribution < -0.4 is 10.4 Å². The van der Waals surface area contributed by atoms with E-state index in [0.29, 0.717) is 37.5 Å². The Bertz CT molecular complexity index is 558. The molecular weight excluding hydrogens is 298 g/mol. The molecule has 0 aromatic heterocycles. The molecule has 7 nitrogen and oxygen atoms in total. The van der Waals surface area contributed by atoms with Gasteiger partial charge in [-0.1, -0.05) is 12.5 Å². The second-order valence-electron chi connectivity index (χ2n) is 7.21. The maximum atomic E-state index is 13.4. The summed E-state index contributed by atoms with van der Waals surface area (Å²) in [6.45, 7) is 2.91. The molecule has 0 aromatic rings. The molecule has 2 aliphatic carbocycles. The van der Waals surface area contributed by atoms with E-state index in [4.69, 9.17) is 4.74 Å². The number of aliphatic hydroxyl groups is 1. The van der Waals surface area contributed by atoms with Gasteiger partial charge in [-0.15, -0.1) is 0 Å². The largest absolute Gasteiger partial charge is 0.619 e. The molecule has 4 rings (SSSR count). The first-order valence-electron chi connectivity index (χ1n) is 8.75. The molecule has 0 radical (unpaired) electrons. The Labute approximate surface area is 135 Å². The third-order valence-corrected chi connectivity index (χ3v) is 6.40. The molecule has 2 fully saturated rings. The fourth-order valence-electron chi connectivity index (χ4n) is 5.44. The number of rotatable bonds is 2. The summed E-state index contributed by atoms with van der Waals surface area (Å²) in [6.07, 6.45) is 6.68. The summed E-state index contributed by atoms with van der Waals surface area (Å²) >= 11 is 0. The summed E-state index contributed by atoms with van der Waals surface area (Å²) in [5.41, 5.74) is 1.13. The van der Waals surface area contributed by atoms with E-state index in [0.717, 1.165) is 43.5 Å². The molecule has 0 bridgehead atoms. The van der Waals surface area contributed by atoms with Crippen LogP contribution >= 0.6 is 0 Å². The minimum absolute atomic E-state index is 0.185. The Balaban J connectivity index is 1.84. The molecule has 128 valence electrons. The number of allylic oxidation sites excluding steroid dienone is 1. The lowest BCUT2D eigenvalue weighted by molar-refractivity contribution is -1.05. The quantitative estimate of drug-likeness (QED) is 0.301. The van der Waals surface area contributed by atoms with Crippen molar-refractivity contribution in [3.8, 4) is 0 Å². The van der Waals surface area contributed by atoms with E-state index >= 15 is 0 Å². The molecule has 4 N–H and O–H groups in total. The summed E-state index contributed by atoms with van der Waals surface area (Å²) in [7, 11) is 0. The van der Waals surface area contributed by atoms with Crippen molar-refractivity contribution < 1.29 is 24.7 Å². The number of morpholine rings is 1. The lowest BCUT2D eigenvalue weighted by Gasteiger charge is -2.45. The summed E-state index contributed by atoms with van der Waals surface area (Å²) < 4.78 is 6.62. The van der Waals surface area contributed by atoms with Crippen molar-refractivity contribution in [2.75, 3.05) is 26.3 Å². The number of hydrogen-bond donors (Lipinski definition) is 4. The van der Waals surface area contributed by atoms with Gasteiger partial charge in [-0.3, -0.25) is 15.6 Å². The fourth-order valence-corrected chi connectivity index (χ4v) is 5.44. The number of nitrogens with one attached hydrogen (secondary N) is 2. The predicted octanol–water partition coefficient (Wildman–Crippen LogP) is -0.859. The first-order valence-corrected chi connectivity index (χ1v) is 8.75. The van der Waals surface area contributed by atoms with Crippen LogP contribution in [0.5, 0.6) is 0 Å². The van der Waals surface area contributed by atoms with E-state index in [1.54, 1.807) is 0 Å². The molecule has 2 heterocycles. The van der Waals surface area contributed by atoms with Crippen LogP contribution in [0, 0.1) is 11.1 Å². The van der Waals surface area contributed by atoms with Crippen molar-refractivity contribution in [1.82, 2.24) is 5.48 Å². The highest BCUT2D eigenvalue weighted by Gasteiger charge is 2.73. The molecular formula is C16H26N3O4+. The molecule has 4 aliphatic rings. The molecule has 0 spiro atoms. The highest BCUT2D eigenvalue weighted by molar-refractivity contribution is 5.94. The molecule has 1 saturated carbocycles. The van der Waals surface area contributed by atoms with Crippen LogP contribution in [0.15, 0.2) is 11.8 Å². The van der Waals surface area contributed by atoms with Crippen molar-refractivity contribution >= 4 is 5.71 Å². The normalized spacial score (nSPS) is 41.3. The highest BCUT2D eigenvalue weighted by Crippen LogP contribution is 2.49. The summed E-state index contributed by atoms with van der Waals surface area (Å²) in [5, 5.41) is 34.4. The van der Waals surface area contributed by atoms with Gasteiger partial charge in [-0.2, -0.15) is 4.74 Å². The number of fused-ring (bicyclic) bond motifs is 3. The Morgan fingerprint density at radius 1 is 1.35 bits per heavy atom. The number of nitrogens with zero attached hydrogens (tertiary/aromatic N) is 1. The zero-order valence-electron chi connectivity index (χ0n) is 13.4. The van der Waals surface area contributed by atoms with Gasteiger partial charge in [0.25, 0.3) is 0 Å². The van der Waals surface area contributed by atoms with Crippen molar-refractivity contribution in [1.29, 1.82) is 0 Å². The third-order valence-electron chi connectivity index (χ3n) is 6.40. The molecule has 3 atom stereocenters.